The first-order valence-corrected chi connectivity index (χ1v) is 12.7. The molecule has 0 bridgehead atoms. The Morgan fingerprint density at radius 3 is 3.00 bits per heavy atom. The highest BCUT2D eigenvalue weighted by molar-refractivity contribution is 6.32. The van der Waals surface area contributed by atoms with Gasteiger partial charge in [-0.05, 0) is 43.9 Å². The first kappa shape index (κ1) is 22.4. The second kappa shape index (κ2) is 9.55. The number of pyridine rings is 1. The van der Waals surface area contributed by atoms with Crippen LogP contribution in [0.4, 0.5) is 11.4 Å². The van der Waals surface area contributed by atoms with E-state index < -0.39 is 0 Å². The number of halogens is 1. The monoisotopic (exact) mass is 492 g/mol. The number of aromatic amines is 1. The van der Waals surface area contributed by atoms with Crippen LogP contribution in [0.15, 0.2) is 41.7 Å². The third kappa shape index (κ3) is 4.17. The van der Waals surface area contributed by atoms with E-state index >= 15 is 0 Å². The molecule has 2 aromatic heterocycles. The van der Waals surface area contributed by atoms with Gasteiger partial charge < -0.3 is 24.5 Å². The average Bonchev–Trinajstić information content (AvgIpc) is 3.63. The smallest absolute Gasteiger partial charge is 0.160 e. The van der Waals surface area contributed by atoms with Crippen LogP contribution in [0.25, 0.3) is 11.3 Å². The van der Waals surface area contributed by atoms with Gasteiger partial charge in [-0.3, -0.25) is 9.98 Å². The van der Waals surface area contributed by atoms with E-state index in [1.165, 1.54) is 12.1 Å². The van der Waals surface area contributed by atoms with Gasteiger partial charge >= 0.3 is 0 Å². The highest BCUT2D eigenvalue weighted by atomic mass is 35.5. The van der Waals surface area contributed by atoms with E-state index in [1.807, 2.05) is 30.5 Å². The Kier molecular flexibility index (Phi) is 6.12. The zero-order valence-electron chi connectivity index (χ0n) is 19.7. The van der Waals surface area contributed by atoms with Gasteiger partial charge in [-0.25, -0.2) is 0 Å². The van der Waals surface area contributed by atoms with Gasteiger partial charge in [-0.1, -0.05) is 24.1 Å². The highest BCUT2D eigenvalue weighted by Gasteiger charge is 2.36. The van der Waals surface area contributed by atoms with Crippen LogP contribution in [0.2, 0.25) is 5.02 Å². The van der Waals surface area contributed by atoms with Crippen molar-refractivity contribution >= 4 is 29.2 Å². The molecule has 0 unspecified atom stereocenters. The molecule has 0 spiro atoms. The molecule has 0 amide bonds. The minimum atomic E-state index is 0.125. The summed E-state index contributed by atoms with van der Waals surface area (Å²) in [6.07, 6.45) is 11.3. The number of hydrogen-bond donors (Lipinski definition) is 2. The van der Waals surface area contributed by atoms with E-state index in [2.05, 4.69) is 15.3 Å². The quantitative estimate of drug-likeness (QED) is 0.416. The molecule has 2 fully saturated rings. The zero-order valence-corrected chi connectivity index (χ0v) is 20.5. The Balaban J connectivity index is 1.44. The van der Waals surface area contributed by atoms with Crippen LogP contribution in [0.5, 0.6) is 11.5 Å². The number of aliphatic imine (C=N–C) groups is 1. The standard InChI is InChI=1S/C27H29ClN4O3/c1-33-27-20(28)7-3-9-22(27)31-26-19-13-30-21-8-2-6-17(21)24(19)32-25(26)18-10-11-29-14-23(18)35-15-16-5-4-12-34-16/h3,7,9-11,13-14,16-17,21,31-32H,2,4-6,8,12,15H2,1H3/t16-,17+,21-/m0/s1. The summed E-state index contributed by atoms with van der Waals surface area (Å²) in [5.74, 6) is 1.72. The highest BCUT2D eigenvalue weighted by Crippen LogP contribution is 2.47. The number of anilines is 2. The van der Waals surface area contributed by atoms with Crippen molar-refractivity contribution in [3.8, 4) is 22.8 Å². The lowest BCUT2D eigenvalue weighted by atomic mass is 9.94. The number of benzene rings is 1. The molecule has 1 saturated heterocycles. The minimum Gasteiger partial charge on any atom is -0.493 e. The van der Waals surface area contributed by atoms with Crippen LogP contribution >= 0.6 is 11.6 Å². The van der Waals surface area contributed by atoms with Gasteiger partial charge in [0, 0.05) is 41.8 Å². The molecular weight excluding hydrogens is 464 g/mol. The van der Waals surface area contributed by atoms with Crippen molar-refractivity contribution in [2.24, 2.45) is 4.99 Å². The molecule has 3 aromatic rings. The number of nitrogens with one attached hydrogen (secondary N) is 2. The normalized spacial score (nSPS) is 22.6. The minimum absolute atomic E-state index is 0.125. The first-order chi connectivity index (χ1) is 17.2. The predicted octanol–water partition coefficient (Wildman–Crippen LogP) is 6.11. The van der Waals surface area contributed by atoms with Crippen LogP contribution in [0.1, 0.15) is 49.3 Å². The number of fused-ring (bicyclic) bond motifs is 3. The van der Waals surface area contributed by atoms with Crippen molar-refractivity contribution < 1.29 is 14.2 Å². The lowest BCUT2D eigenvalue weighted by molar-refractivity contribution is 0.0680. The van der Waals surface area contributed by atoms with E-state index in [0.717, 1.165) is 66.2 Å². The summed E-state index contributed by atoms with van der Waals surface area (Å²) in [5, 5.41) is 4.16. The number of ether oxygens (including phenoxy) is 3. The summed E-state index contributed by atoms with van der Waals surface area (Å²) in [5.41, 5.74) is 5.92. The van der Waals surface area contributed by atoms with Gasteiger partial charge in [0.1, 0.15) is 12.4 Å². The summed E-state index contributed by atoms with van der Waals surface area (Å²) in [7, 11) is 1.63. The first-order valence-electron chi connectivity index (χ1n) is 12.3. The van der Waals surface area contributed by atoms with E-state index in [4.69, 9.17) is 30.8 Å². The Morgan fingerprint density at radius 1 is 1.20 bits per heavy atom. The van der Waals surface area contributed by atoms with E-state index in [1.54, 1.807) is 19.5 Å². The summed E-state index contributed by atoms with van der Waals surface area (Å²) >= 11 is 6.43. The molecule has 1 saturated carbocycles. The Morgan fingerprint density at radius 2 is 2.14 bits per heavy atom. The lowest BCUT2D eigenvalue weighted by Crippen LogP contribution is -2.16. The molecule has 35 heavy (non-hydrogen) atoms. The summed E-state index contributed by atoms with van der Waals surface area (Å²) in [4.78, 5) is 13.0. The average molecular weight is 493 g/mol. The van der Waals surface area contributed by atoms with E-state index in [-0.39, 0.29) is 6.10 Å². The Bertz CT molecular complexity index is 1250. The molecular formula is C27H29ClN4O3. The number of methoxy groups -OCH3 is 1. The number of aromatic nitrogens is 2. The molecule has 4 heterocycles. The fourth-order valence-corrected chi connectivity index (χ4v) is 5.78. The van der Waals surface area contributed by atoms with Crippen molar-refractivity contribution in [2.45, 2.75) is 50.2 Å². The molecule has 3 aliphatic rings. The van der Waals surface area contributed by atoms with Crippen LogP contribution in [0, 0.1) is 0 Å². The van der Waals surface area contributed by atoms with Crippen molar-refractivity contribution in [3.63, 3.8) is 0 Å². The Labute approximate surface area is 209 Å². The number of H-pyrrole nitrogens is 1. The van der Waals surface area contributed by atoms with Gasteiger partial charge in [-0.15, -0.1) is 0 Å². The molecule has 1 aromatic carbocycles. The van der Waals surface area contributed by atoms with Gasteiger partial charge in [0.2, 0.25) is 0 Å². The third-order valence-corrected chi connectivity index (χ3v) is 7.55. The molecule has 0 radical (unpaired) electrons. The third-order valence-electron chi connectivity index (χ3n) is 7.25. The van der Waals surface area contributed by atoms with Crippen molar-refractivity contribution in [1.82, 2.24) is 9.97 Å². The maximum atomic E-state index is 6.43. The molecule has 2 N–H and O–H groups in total. The van der Waals surface area contributed by atoms with Gasteiger partial charge in [-0.2, -0.15) is 0 Å². The van der Waals surface area contributed by atoms with Gasteiger partial charge in [0.25, 0.3) is 0 Å². The van der Waals surface area contributed by atoms with Gasteiger partial charge in [0.15, 0.2) is 5.75 Å². The predicted molar refractivity (Wildman–Crippen MR) is 138 cm³/mol. The van der Waals surface area contributed by atoms with E-state index in [0.29, 0.717) is 29.3 Å². The molecule has 2 aliphatic heterocycles. The molecule has 8 heteroatoms. The topological polar surface area (TPSA) is 80.8 Å². The molecule has 3 atom stereocenters. The maximum absolute atomic E-state index is 6.43. The second-order valence-electron chi connectivity index (χ2n) is 9.35. The molecule has 1 aliphatic carbocycles. The van der Waals surface area contributed by atoms with E-state index in [9.17, 15) is 0 Å². The maximum Gasteiger partial charge on any atom is 0.160 e. The summed E-state index contributed by atoms with van der Waals surface area (Å²) in [6, 6.07) is 8.04. The molecule has 7 nitrogen and oxygen atoms in total. The number of rotatable bonds is 7. The van der Waals surface area contributed by atoms with Crippen LogP contribution < -0.4 is 14.8 Å². The number of para-hydroxylation sites is 1. The molecule has 6 rings (SSSR count). The van der Waals surface area contributed by atoms with Crippen LogP contribution in [-0.4, -0.2) is 48.7 Å². The second-order valence-corrected chi connectivity index (χ2v) is 9.76. The molecule has 182 valence electrons. The fourth-order valence-electron chi connectivity index (χ4n) is 5.53. The number of nitrogens with zero attached hydrogens (tertiary/aromatic N) is 2. The van der Waals surface area contributed by atoms with Crippen LogP contribution in [-0.2, 0) is 4.74 Å². The van der Waals surface area contributed by atoms with Crippen molar-refractivity contribution in [1.29, 1.82) is 0 Å². The van der Waals surface area contributed by atoms with Gasteiger partial charge in [0.05, 0.1) is 47.5 Å². The Hall–Kier alpha value is -3.03. The largest absolute Gasteiger partial charge is 0.493 e. The summed E-state index contributed by atoms with van der Waals surface area (Å²) in [6.45, 7) is 1.31. The zero-order chi connectivity index (χ0) is 23.8. The lowest BCUT2D eigenvalue weighted by Gasteiger charge is -2.20. The summed E-state index contributed by atoms with van der Waals surface area (Å²) < 4.78 is 17.6. The van der Waals surface area contributed by atoms with Crippen molar-refractivity contribution in [2.75, 3.05) is 25.6 Å². The SMILES string of the molecule is COc1c(Cl)cccc1Nc1c(-c2ccncc2OC[C@@H]2CCCO2)[nH]c2c1C=N[C@H]1CCC[C@@H]21. The number of hydrogen-bond acceptors (Lipinski definition) is 6. The van der Waals surface area contributed by atoms with Crippen LogP contribution in [0.3, 0.4) is 0 Å². The fraction of sp³-hybridized carbons (Fsp3) is 0.407. The van der Waals surface area contributed by atoms with Crippen molar-refractivity contribution in [3.05, 3.63) is 52.9 Å².